The van der Waals surface area contributed by atoms with Gasteiger partial charge in [-0.2, -0.15) is 0 Å². The van der Waals surface area contributed by atoms with Crippen LogP contribution in [-0.2, 0) is 12.8 Å². The van der Waals surface area contributed by atoms with Crippen LogP contribution in [-0.4, -0.2) is 21.5 Å². The molecule has 0 saturated carbocycles. The molecule has 0 radical (unpaired) electrons. The molecule has 3 nitrogen and oxygen atoms in total. The molecule has 1 aliphatic rings. The van der Waals surface area contributed by atoms with E-state index >= 15 is 0 Å². The maximum atomic E-state index is 12.5. The second-order valence-electron chi connectivity index (χ2n) is 6.23. The maximum absolute atomic E-state index is 12.5. The number of Topliss-reactive ketones (excluding diaryl/α,β-unsaturated/α-hetero) is 1. The van der Waals surface area contributed by atoms with Crippen LogP contribution in [0.15, 0.2) is 29.6 Å². The fourth-order valence-electron chi connectivity index (χ4n) is 3.14. The largest absolute Gasteiger partial charge is 0.293 e. The highest BCUT2D eigenvalue weighted by Crippen LogP contribution is 2.40. The SMILES string of the molecule is Cc1ccc(C(=O)CSc2ncnc3sc4c(c23)CCC4)cc1C. The number of fused-ring (bicyclic) bond motifs is 3. The summed E-state index contributed by atoms with van der Waals surface area (Å²) in [5, 5.41) is 2.14. The number of carbonyl (C=O) groups excluding carboxylic acids is 1. The number of hydrogen-bond acceptors (Lipinski definition) is 5. The number of aryl methyl sites for hydroxylation is 4. The number of hydrogen-bond donors (Lipinski definition) is 0. The summed E-state index contributed by atoms with van der Waals surface area (Å²) < 4.78 is 0. The van der Waals surface area contributed by atoms with Crippen LogP contribution in [0.25, 0.3) is 10.2 Å². The molecule has 1 aromatic carbocycles. The summed E-state index contributed by atoms with van der Waals surface area (Å²) >= 11 is 3.32. The number of aromatic nitrogens is 2. The molecule has 5 heteroatoms. The molecule has 24 heavy (non-hydrogen) atoms. The Labute approximate surface area is 149 Å². The van der Waals surface area contributed by atoms with Gasteiger partial charge in [-0.05, 0) is 55.9 Å². The van der Waals surface area contributed by atoms with Crippen molar-refractivity contribution in [1.82, 2.24) is 9.97 Å². The van der Waals surface area contributed by atoms with Gasteiger partial charge in [0.25, 0.3) is 0 Å². The molecule has 0 unspecified atom stereocenters. The highest BCUT2D eigenvalue weighted by molar-refractivity contribution is 8.00. The normalized spacial score (nSPS) is 13.4. The van der Waals surface area contributed by atoms with Crippen molar-refractivity contribution in [3.8, 4) is 0 Å². The van der Waals surface area contributed by atoms with Gasteiger partial charge in [0.2, 0.25) is 0 Å². The van der Waals surface area contributed by atoms with Crippen LogP contribution in [0.3, 0.4) is 0 Å². The number of thioether (sulfide) groups is 1. The number of thiophene rings is 1. The van der Waals surface area contributed by atoms with Gasteiger partial charge in [0, 0.05) is 15.8 Å². The third-order valence-electron chi connectivity index (χ3n) is 4.64. The van der Waals surface area contributed by atoms with E-state index in [1.54, 1.807) is 17.7 Å². The van der Waals surface area contributed by atoms with Gasteiger partial charge in [-0.3, -0.25) is 4.79 Å². The van der Waals surface area contributed by atoms with Gasteiger partial charge in [-0.15, -0.1) is 11.3 Å². The topological polar surface area (TPSA) is 42.9 Å². The van der Waals surface area contributed by atoms with Gasteiger partial charge >= 0.3 is 0 Å². The third kappa shape index (κ3) is 2.76. The molecule has 0 aliphatic heterocycles. The molecule has 4 rings (SSSR count). The van der Waals surface area contributed by atoms with Gasteiger partial charge in [0.05, 0.1) is 5.75 Å². The van der Waals surface area contributed by atoms with Crippen molar-refractivity contribution in [1.29, 1.82) is 0 Å². The second kappa shape index (κ2) is 6.30. The number of nitrogens with zero attached hydrogens (tertiary/aromatic N) is 2. The lowest BCUT2D eigenvalue weighted by Gasteiger charge is -2.06. The van der Waals surface area contributed by atoms with Gasteiger partial charge in [0.15, 0.2) is 5.78 Å². The van der Waals surface area contributed by atoms with Crippen LogP contribution in [0.2, 0.25) is 0 Å². The first-order chi connectivity index (χ1) is 11.6. The Bertz CT molecular complexity index is 946. The van der Waals surface area contributed by atoms with E-state index in [-0.39, 0.29) is 5.78 Å². The van der Waals surface area contributed by atoms with Crippen molar-refractivity contribution in [3.63, 3.8) is 0 Å². The van der Waals surface area contributed by atoms with E-state index in [4.69, 9.17) is 0 Å². The lowest BCUT2D eigenvalue weighted by atomic mass is 10.0. The lowest BCUT2D eigenvalue weighted by Crippen LogP contribution is -2.03. The van der Waals surface area contributed by atoms with Crippen molar-refractivity contribution in [3.05, 3.63) is 51.7 Å². The molecular weight excluding hydrogens is 336 g/mol. The van der Waals surface area contributed by atoms with Crippen molar-refractivity contribution < 1.29 is 4.79 Å². The first-order valence-electron chi connectivity index (χ1n) is 8.12. The summed E-state index contributed by atoms with van der Waals surface area (Å²) in [5.41, 5.74) is 4.57. The Morgan fingerprint density at radius 3 is 2.92 bits per heavy atom. The summed E-state index contributed by atoms with van der Waals surface area (Å²) in [4.78, 5) is 23.9. The summed E-state index contributed by atoms with van der Waals surface area (Å²) in [6.07, 6.45) is 5.11. The van der Waals surface area contributed by atoms with E-state index in [2.05, 4.69) is 16.9 Å². The molecular formula is C19H18N2OS2. The molecule has 3 aromatic rings. The number of ketones is 1. The van der Waals surface area contributed by atoms with Crippen molar-refractivity contribution in [2.45, 2.75) is 38.1 Å². The Morgan fingerprint density at radius 2 is 2.08 bits per heavy atom. The molecule has 0 spiro atoms. The molecule has 0 bridgehead atoms. The molecule has 2 heterocycles. The number of carbonyl (C=O) groups is 1. The Kier molecular flexibility index (Phi) is 4.14. The highest BCUT2D eigenvalue weighted by atomic mass is 32.2. The fourth-order valence-corrected chi connectivity index (χ4v) is 5.36. The minimum absolute atomic E-state index is 0.154. The van der Waals surface area contributed by atoms with Crippen LogP contribution in [0.1, 0.15) is 38.3 Å². The van der Waals surface area contributed by atoms with Crippen LogP contribution >= 0.6 is 23.1 Å². The lowest BCUT2D eigenvalue weighted by molar-refractivity contribution is 0.102. The fraction of sp³-hybridized carbons (Fsp3) is 0.316. The first kappa shape index (κ1) is 15.8. The van der Waals surface area contributed by atoms with E-state index in [0.29, 0.717) is 5.75 Å². The van der Waals surface area contributed by atoms with E-state index in [1.807, 2.05) is 25.1 Å². The van der Waals surface area contributed by atoms with E-state index in [0.717, 1.165) is 33.8 Å². The van der Waals surface area contributed by atoms with Gasteiger partial charge in [-0.25, -0.2) is 9.97 Å². The van der Waals surface area contributed by atoms with Gasteiger partial charge in [-0.1, -0.05) is 23.9 Å². The molecule has 0 fully saturated rings. The molecule has 122 valence electrons. The Morgan fingerprint density at radius 1 is 1.21 bits per heavy atom. The zero-order chi connectivity index (χ0) is 16.7. The monoisotopic (exact) mass is 354 g/mol. The molecule has 2 aromatic heterocycles. The van der Waals surface area contributed by atoms with E-state index in [1.165, 1.54) is 39.6 Å². The minimum Gasteiger partial charge on any atom is -0.293 e. The molecule has 1 aliphatic carbocycles. The predicted octanol–water partition coefficient (Wildman–Crippen LogP) is 4.77. The summed E-state index contributed by atoms with van der Waals surface area (Å²) in [5.74, 6) is 0.570. The zero-order valence-electron chi connectivity index (χ0n) is 13.8. The van der Waals surface area contributed by atoms with Crippen LogP contribution in [0, 0.1) is 13.8 Å². The zero-order valence-corrected chi connectivity index (χ0v) is 15.4. The van der Waals surface area contributed by atoms with E-state index < -0.39 is 0 Å². The van der Waals surface area contributed by atoms with Crippen molar-refractivity contribution >= 4 is 39.1 Å². The summed E-state index contributed by atoms with van der Waals surface area (Å²) in [7, 11) is 0. The average molecular weight is 355 g/mol. The standard InChI is InChI=1S/C19H18N2OS2/c1-11-6-7-13(8-12(11)2)15(22)9-23-18-17-14-4-3-5-16(14)24-19(17)21-10-20-18/h6-8,10H,3-5,9H2,1-2H3. The molecule has 0 N–H and O–H groups in total. The third-order valence-corrected chi connectivity index (χ3v) is 6.82. The summed E-state index contributed by atoms with van der Waals surface area (Å²) in [6.45, 7) is 4.11. The molecule has 0 atom stereocenters. The smallest absolute Gasteiger partial charge is 0.173 e. The van der Waals surface area contributed by atoms with Crippen LogP contribution in [0.4, 0.5) is 0 Å². The quantitative estimate of drug-likeness (QED) is 0.384. The minimum atomic E-state index is 0.154. The van der Waals surface area contributed by atoms with Crippen LogP contribution in [0.5, 0.6) is 0 Å². The van der Waals surface area contributed by atoms with Crippen LogP contribution < -0.4 is 0 Å². The first-order valence-corrected chi connectivity index (χ1v) is 9.92. The number of benzene rings is 1. The second-order valence-corrected chi connectivity index (χ2v) is 8.27. The maximum Gasteiger partial charge on any atom is 0.173 e. The molecule has 0 amide bonds. The summed E-state index contributed by atoms with van der Waals surface area (Å²) in [6, 6.07) is 5.92. The van der Waals surface area contributed by atoms with Crippen molar-refractivity contribution in [2.75, 3.05) is 5.75 Å². The Hall–Kier alpha value is -1.72. The average Bonchev–Trinajstić information content (AvgIpc) is 3.15. The predicted molar refractivity (Wildman–Crippen MR) is 100 cm³/mol. The van der Waals surface area contributed by atoms with E-state index in [9.17, 15) is 4.79 Å². The Balaban J connectivity index is 1.59. The molecule has 0 saturated heterocycles. The van der Waals surface area contributed by atoms with Gasteiger partial charge in [0.1, 0.15) is 16.2 Å². The highest BCUT2D eigenvalue weighted by Gasteiger charge is 2.21. The van der Waals surface area contributed by atoms with Crippen molar-refractivity contribution in [2.24, 2.45) is 0 Å². The van der Waals surface area contributed by atoms with Gasteiger partial charge < -0.3 is 0 Å². The number of rotatable bonds is 4.